The lowest BCUT2D eigenvalue weighted by molar-refractivity contribution is -0.143. The molecule has 24 heavy (non-hydrogen) atoms. The minimum absolute atomic E-state index is 0.0201. The van der Waals surface area contributed by atoms with E-state index in [1.807, 2.05) is 31.2 Å². The summed E-state index contributed by atoms with van der Waals surface area (Å²) in [7, 11) is 0. The summed E-state index contributed by atoms with van der Waals surface area (Å²) in [5.74, 6) is -1.27. The Labute approximate surface area is 150 Å². The van der Waals surface area contributed by atoms with Crippen LogP contribution in [-0.4, -0.2) is 48.2 Å². The first-order valence-corrected chi connectivity index (χ1v) is 9.09. The van der Waals surface area contributed by atoms with E-state index in [0.29, 0.717) is 39.1 Å². The van der Waals surface area contributed by atoms with Crippen LogP contribution in [0.4, 0.5) is 0 Å². The van der Waals surface area contributed by atoms with Gasteiger partial charge in [-0.1, -0.05) is 35.0 Å². The zero-order chi connectivity index (χ0) is 17.3. The van der Waals surface area contributed by atoms with E-state index < -0.39 is 17.3 Å². The number of hydrogen-bond acceptors (Lipinski definition) is 3. The second-order valence-electron chi connectivity index (χ2n) is 6.83. The standard InChI is InChI=1S/C18H22BrNO4/c1-12-10-20(11-15(12)16(21)22)17(23)18(6-8-24-9-7-18)13-2-4-14(19)5-3-13/h2-5,12,15H,6-11H2,1H3,(H,21,22)/t12-,15-/m1/s1. The first kappa shape index (κ1) is 17.4. The van der Waals surface area contributed by atoms with Crippen LogP contribution in [0.2, 0.25) is 0 Å². The van der Waals surface area contributed by atoms with Crippen LogP contribution in [0.5, 0.6) is 0 Å². The van der Waals surface area contributed by atoms with Gasteiger partial charge in [-0.2, -0.15) is 0 Å². The first-order chi connectivity index (χ1) is 11.4. The molecular weight excluding hydrogens is 374 g/mol. The predicted molar refractivity (Wildman–Crippen MR) is 92.7 cm³/mol. The fourth-order valence-electron chi connectivity index (χ4n) is 3.87. The molecule has 0 bridgehead atoms. The average Bonchev–Trinajstić information content (AvgIpc) is 2.97. The van der Waals surface area contributed by atoms with Gasteiger partial charge in [0.1, 0.15) is 0 Å². The van der Waals surface area contributed by atoms with Gasteiger partial charge < -0.3 is 14.7 Å². The Balaban J connectivity index is 1.90. The van der Waals surface area contributed by atoms with Gasteiger partial charge in [0, 0.05) is 30.8 Å². The van der Waals surface area contributed by atoms with E-state index in [1.165, 1.54) is 0 Å². The molecule has 2 fully saturated rings. The average molecular weight is 396 g/mol. The normalized spacial score (nSPS) is 26.3. The molecule has 0 unspecified atom stereocenters. The Bertz CT molecular complexity index is 624. The summed E-state index contributed by atoms with van der Waals surface area (Å²) >= 11 is 3.44. The molecule has 1 aromatic carbocycles. The van der Waals surface area contributed by atoms with Crippen LogP contribution in [0.25, 0.3) is 0 Å². The molecule has 1 aromatic rings. The van der Waals surface area contributed by atoms with Gasteiger partial charge in [-0.15, -0.1) is 0 Å². The zero-order valence-corrected chi connectivity index (χ0v) is 15.3. The number of carboxylic acids is 1. The van der Waals surface area contributed by atoms with Gasteiger partial charge in [0.25, 0.3) is 0 Å². The molecule has 2 heterocycles. The van der Waals surface area contributed by atoms with Crippen molar-refractivity contribution >= 4 is 27.8 Å². The van der Waals surface area contributed by atoms with E-state index in [1.54, 1.807) is 4.90 Å². The highest BCUT2D eigenvalue weighted by molar-refractivity contribution is 9.10. The Hall–Kier alpha value is -1.40. The number of aliphatic carboxylic acids is 1. The van der Waals surface area contributed by atoms with Crippen molar-refractivity contribution in [2.24, 2.45) is 11.8 Å². The molecule has 0 saturated carbocycles. The maximum absolute atomic E-state index is 13.4. The van der Waals surface area contributed by atoms with Gasteiger partial charge >= 0.3 is 5.97 Å². The molecule has 0 spiro atoms. The van der Waals surface area contributed by atoms with Gasteiger partial charge in [0.2, 0.25) is 5.91 Å². The van der Waals surface area contributed by atoms with Crippen molar-refractivity contribution in [1.82, 2.24) is 4.90 Å². The molecule has 2 aliphatic heterocycles. The van der Waals surface area contributed by atoms with Crippen LogP contribution in [0.15, 0.2) is 28.7 Å². The predicted octanol–water partition coefficient (Wildman–Crippen LogP) is 2.68. The Morgan fingerprint density at radius 1 is 1.21 bits per heavy atom. The molecule has 0 aromatic heterocycles. The Morgan fingerprint density at radius 2 is 1.83 bits per heavy atom. The lowest BCUT2D eigenvalue weighted by Crippen LogP contribution is -2.49. The van der Waals surface area contributed by atoms with E-state index in [4.69, 9.17) is 4.74 Å². The molecule has 3 rings (SSSR count). The number of nitrogens with zero attached hydrogens (tertiary/aromatic N) is 1. The maximum atomic E-state index is 13.4. The summed E-state index contributed by atoms with van der Waals surface area (Å²) in [5.41, 5.74) is 0.386. The van der Waals surface area contributed by atoms with Crippen LogP contribution in [0, 0.1) is 11.8 Å². The van der Waals surface area contributed by atoms with Crippen LogP contribution in [0.3, 0.4) is 0 Å². The number of benzene rings is 1. The van der Waals surface area contributed by atoms with Crippen molar-refractivity contribution in [3.63, 3.8) is 0 Å². The minimum Gasteiger partial charge on any atom is -0.481 e. The fraction of sp³-hybridized carbons (Fsp3) is 0.556. The smallest absolute Gasteiger partial charge is 0.308 e. The number of rotatable bonds is 3. The van der Waals surface area contributed by atoms with Gasteiger partial charge in [0.15, 0.2) is 0 Å². The van der Waals surface area contributed by atoms with Crippen molar-refractivity contribution in [3.05, 3.63) is 34.3 Å². The second-order valence-corrected chi connectivity index (χ2v) is 7.75. The molecular formula is C18H22BrNO4. The maximum Gasteiger partial charge on any atom is 0.308 e. The molecule has 2 aliphatic rings. The van der Waals surface area contributed by atoms with Gasteiger partial charge in [-0.25, -0.2) is 0 Å². The number of carbonyl (C=O) groups excluding carboxylic acids is 1. The second kappa shape index (κ2) is 6.84. The van der Waals surface area contributed by atoms with Crippen LogP contribution in [0.1, 0.15) is 25.3 Å². The van der Waals surface area contributed by atoms with E-state index in [-0.39, 0.29) is 11.8 Å². The quantitative estimate of drug-likeness (QED) is 0.853. The molecule has 6 heteroatoms. The Morgan fingerprint density at radius 3 is 2.38 bits per heavy atom. The summed E-state index contributed by atoms with van der Waals surface area (Å²) < 4.78 is 6.46. The minimum atomic E-state index is -0.817. The van der Waals surface area contributed by atoms with Crippen molar-refractivity contribution in [2.75, 3.05) is 26.3 Å². The van der Waals surface area contributed by atoms with E-state index in [0.717, 1.165) is 10.0 Å². The van der Waals surface area contributed by atoms with E-state index in [2.05, 4.69) is 15.9 Å². The summed E-state index contributed by atoms with van der Waals surface area (Å²) in [6, 6.07) is 7.88. The number of likely N-dealkylation sites (tertiary alicyclic amines) is 1. The SMILES string of the molecule is C[C@@H]1CN(C(=O)C2(c3ccc(Br)cc3)CCOCC2)C[C@H]1C(=O)O. The van der Waals surface area contributed by atoms with E-state index in [9.17, 15) is 14.7 Å². The zero-order valence-electron chi connectivity index (χ0n) is 13.7. The molecule has 0 aliphatic carbocycles. The fourth-order valence-corrected chi connectivity index (χ4v) is 4.14. The van der Waals surface area contributed by atoms with E-state index >= 15 is 0 Å². The topological polar surface area (TPSA) is 66.8 Å². The highest BCUT2D eigenvalue weighted by Crippen LogP contribution is 2.39. The third-order valence-corrected chi connectivity index (χ3v) is 5.90. The van der Waals surface area contributed by atoms with Crippen LogP contribution >= 0.6 is 15.9 Å². The molecule has 5 nitrogen and oxygen atoms in total. The third-order valence-electron chi connectivity index (χ3n) is 5.37. The summed E-state index contributed by atoms with van der Waals surface area (Å²) in [6.45, 7) is 3.81. The molecule has 2 saturated heterocycles. The summed E-state index contributed by atoms with van der Waals surface area (Å²) in [6.07, 6.45) is 1.27. The van der Waals surface area contributed by atoms with Crippen molar-refractivity contribution in [3.8, 4) is 0 Å². The van der Waals surface area contributed by atoms with Crippen LogP contribution in [-0.2, 0) is 19.7 Å². The van der Waals surface area contributed by atoms with Crippen molar-refractivity contribution < 1.29 is 19.4 Å². The highest BCUT2D eigenvalue weighted by Gasteiger charge is 2.47. The first-order valence-electron chi connectivity index (χ1n) is 8.30. The Kier molecular flexibility index (Phi) is 4.97. The number of amides is 1. The third kappa shape index (κ3) is 3.09. The lowest BCUT2D eigenvalue weighted by Gasteiger charge is -2.39. The number of halogens is 1. The highest BCUT2D eigenvalue weighted by atomic mass is 79.9. The van der Waals surface area contributed by atoms with Gasteiger partial charge in [0.05, 0.1) is 11.3 Å². The van der Waals surface area contributed by atoms with Crippen LogP contribution < -0.4 is 0 Å². The van der Waals surface area contributed by atoms with Gasteiger partial charge in [-0.3, -0.25) is 9.59 Å². The molecule has 1 amide bonds. The monoisotopic (exact) mass is 395 g/mol. The van der Waals surface area contributed by atoms with Crippen molar-refractivity contribution in [2.45, 2.75) is 25.2 Å². The molecule has 130 valence electrons. The number of hydrogen-bond donors (Lipinski definition) is 1. The molecule has 1 N–H and O–H groups in total. The molecule has 2 atom stereocenters. The number of ether oxygens (including phenoxy) is 1. The summed E-state index contributed by atoms with van der Waals surface area (Å²) in [5, 5.41) is 9.34. The summed E-state index contributed by atoms with van der Waals surface area (Å²) in [4.78, 5) is 26.5. The molecule has 0 radical (unpaired) electrons. The largest absolute Gasteiger partial charge is 0.481 e. The lowest BCUT2D eigenvalue weighted by atomic mass is 9.73. The van der Waals surface area contributed by atoms with Crippen molar-refractivity contribution in [1.29, 1.82) is 0 Å². The van der Waals surface area contributed by atoms with Gasteiger partial charge in [-0.05, 0) is 36.5 Å². The number of carboxylic acid groups (broad SMARTS) is 1. The number of carbonyl (C=O) groups is 2.